The summed E-state index contributed by atoms with van der Waals surface area (Å²) in [4.78, 5) is 72.6. The van der Waals surface area contributed by atoms with Gasteiger partial charge in [0.2, 0.25) is 5.95 Å². The molecule has 76 heavy (non-hydrogen) atoms. The van der Waals surface area contributed by atoms with E-state index in [4.69, 9.17) is 9.72 Å². The Labute approximate surface area is 449 Å². The zero-order chi connectivity index (χ0) is 55.1. The van der Waals surface area contributed by atoms with Gasteiger partial charge in [-0.1, -0.05) is 46.8 Å². The predicted molar refractivity (Wildman–Crippen MR) is 305 cm³/mol. The molecule has 0 amide bonds. The van der Waals surface area contributed by atoms with Crippen molar-refractivity contribution in [2.45, 2.75) is 79.8 Å². The van der Waals surface area contributed by atoms with Crippen LogP contribution in [-0.4, -0.2) is 132 Å². The highest BCUT2D eigenvalue weighted by Gasteiger charge is 2.34. The number of aldehydes is 4. The van der Waals surface area contributed by atoms with Crippen LogP contribution in [0.25, 0.3) is 0 Å². The van der Waals surface area contributed by atoms with Gasteiger partial charge < -0.3 is 55.1 Å². The number of ether oxygens (including phenoxy) is 1. The highest BCUT2D eigenvalue weighted by Crippen LogP contribution is 2.38. The van der Waals surface area contributed by atoms with Gasteiger partial charge in [0.05, 0.1) is 23.6 Å². The normalized spacial score (nSPS) is 15.0. The quantitative estimate of drug-likeness (QED) is 0.0543. The third kappa shape index (κ3) is 16.1. The minimum absolute atomic E-state index is 0.00459. The number of halogens is 1. The molecule has 16 nitrogen and oxygen atoms in total. The summed E-state index contributed by atoms with van der Waals surface area (Å²) in [5.41, 5.74) is 11.0. The largest absolute Gasteiger partial charge is 0.490 e. The molecule has 0 spiro atoms. The van der Waals surface area contributed by atoms with E-state index in [-0.39, 0.29) is 23.4 Å². The number of anilines is 7. The first-order valence-corrected chi connectivity index (χ1v) is 26.6. The van der Waals surface area contributed by atoms with Crippen LogP contribution in [0.4, 0.5) is 44.5 Å². The molecule has 2 fully saturated rings. The van der Waals surface area contributed by atoms with E-state index in [2.05, 4.69) is 64.9 Å². The average Bonchev–Trinajstić information content (AvgIpc) is 3.43. The Morgan fingerprint density at radius 2 is 1.54 bits per heavy atom. The Kier molecular flexibility index (Phi) is 23.8. The number of ketones is 1. The van der Waals surface area contributed by atoms with E-state index in [0.29, 0.717) is 54.7 Å². The molecule has 1 unspecified atom stereocenters. The number of carbonyl (C=O) groups is 5. The second kappa shape index (κ2) is 30.3. The van der Waals surface area contributed by atoms with E-state index in [1.807, 2.05) is 96.5 Å². The maximum atomic E-state index is 14.4. The number of piperazine rings is 1. The van der Waals surface area contributed by atoms with Crippen molar-refractivity contribution in [3.8, 4) is 5.75 Å². The molecule has 408 valence electrons. The molecule has 5 heterocycles. The van der Waals surface area contributed by atoms with Gasteiger partial charge in [-0.25, -0.2) is 14.4 Å². The first-order chi connectivity index (χ1) is 36.8. The molecule has 0 bridgehead atoms. The number of nitrogens with one attached hydrogen (secondary N) is 4. The number of nitrogens with zero attached hydrogens (tertiary/aromatic N) is 6. The van der Waals surface area contributed by atoms with E-state index in [1.54, 1.807) is 26.1 Å². The van der Waals surface area contributed by atoms with E-state index in [1.165, 1.54) is 16.8 Å². The lowest BCUT2D eigenvalue weighted by molar-refractivity contribution is -0.111. The molecule has 4 aliphatic rings. The summed E-state index contributed by atoms with van der Waals surface area (Å²) in [6.45, 7) is 20.0. The van der Waals surface area contributed by atoms with Gasteiger partial charge in [-0.3, -0.25) is 14.5 Å². The fourth-order valence-corrected chi connectivity index (χ4v) is 9.14. The van der Waals surface area contributed by atoms with Crippen molar-refractivity contribution in [3.05, 3.63) is 118 Å². The molecule has 4 aliphatic heterocycles. The highest BCUT2D eigenvalue weighted by atomic mass is 19.1. The van der Waals surface area contributed by atoms with Crippen molar-refractivity contribution in [1.29, 1.82) is 0 Å². The summed E-state index contributed by atoms with van der Waals surface area (Å²) < 4.78 is 20.2. The van der Waals surface area contributed by atoms with Crippen molar-refractivity contribution in [2.24, 2.45) is 11.8 Å². The SMILES string of the molecule is CC.CC(C=O)CCC=O.CNC.CNc1ccc(N2CCN(C3CN(c4ccc(C(=O)C(C)C)c(C=O)c4)C3)CC2)c(F)c1.Cc1c(N2CCc3cnc(Nc4ccc(CC=O)cc4)nc3C2)ccc2c1NCCO2. The lowest BCUT2D eigenvalue weighted by Crippen LogP contribution is -2.63. The standard InChI is InChI=1S/C25H31FN4O2.C24H25N5O2.C6H10O2.C2H7N.C2H6/c1-17(2)25(32)22-6-5-20(12-18(22)16-31)30-14-21(15-30)28-8-10-29(11-9-28)24-7-4-19(27-3)13-23(24)26;1-16-21(6-7-22-23(16)25-10-13-31-22)29-11-8-18-14-26-24(28-20(18)15-29)27-19-4-2-17(3-5-19)9-12-30;1-6(5-8)3-2-4-7;1-3-2;1-2/h4-7,12-13,16-17,21,27H,8-11,14-15H2,1-3H3;2-7,12,14,25H,8-11,13,15H2,1H3,(H,26,27,28);4-6H,2-3H2,1H3;3H,1-2H3;1-2H3. The van der Waals surface area contributed by atoms with Crippen molar-refractivity contribution in [1.82, 2.24) is 20.2 Å². The van der Waals surface area contributed by atoms with Gasteiger partial charge in [0.15, 0.2) is 12.1 Å². The number of rotatable bonds is 16. The maximum absolute atomic E-state index is 14.4. The van der Waals surface area contributed by atoms with Gasteiger partial charge in [0.1, 0.15) is 37.0 Å². The van der Waals surface area contributed by atoms with Gasteiger partial charge in [-0.2, -0.15) is 0 Å². The molecular formula is C59H79FN10O6. The van der Waals surface area contributed by atoms with E-state index >= 15 is 0 Å². The van der Waals surface area contributed by atoms with Crippen LogP contribution in [0.15, 0.2) is 79.0 Å². The lowest BCUT2D eigenvalue weighted by atomic mass is 9.95. The molecule has 0 aliphatic carbocycles. The van der Waals surface area contributed by atoms with Gasteiger partial charge in [0, 0.05) is 130 Å². The van der Waals surface area contributed by atoms with E-state index in [9.17, 15) is 28.4 Å². The number of Topliss-reactive ketones (excluding diaryl/α,β-unsaturated/α-hetero) is 1. The second-order valence-electron chi connectivity index (χ2n) is 19.2. The molecule has 1 aromatic heterocycles. The number of hydrogen-bond acceptors (Lipinski definition) is 16. The monoisotopic (exact) mass is 1040 g/mol. The number of fused-ring (bicyclic) bond motifs is 2. The highest BCUT2D eigenvalue weighted by molar-refractivity contribution is 6.04. The van der Waals surface area contributed by atoms with Gasteiger partial charge in [-0.05, 0) is 111 Å². The number of carbonyl (C=O) groups excluding carboxylic acids is 5. The van der Waals surface area contributed by atoms with Crippen LogP contribution in [0.1, 0.15) is 90.6 Å². The van der Waals surface area contributed by atoms with Crippen LogP contribution in [0.5, 0.6) is 5.75 Å². The summed E-state index contributed by atoms with van der Waals surface area (Å²) in [5.74, 6) is 1.22. The zero-order valence-corrected chi connectivity index (χ0v) is 46.0. The smallest absolute Gasteiger partial charge is 0.227 e. The third-order valence-corrected chi connectivity index (χ3v) is 13.4. The molecule has 5 aromatic rings. The molecule has 9 rings (SSSR count). The fraction of sp³-hybridized carbons (Fsp3) is 0.441. The number of benzene rings is 4. The Morgan fingerprint density at radius 3 is 2.17 bits per heavy atom. The van der Waals surface area contributed by atoms with E-state index in [0.717, 1.165) is 130 Å². The Balaban J connectivity index is 0.000000229. The summed E-state index contributed by atoms with van der Waals surface area (Å²) in [7, 11) is 5.54. The van der Waals surface area contributed by atoms with Crippen LogP contribution in [-0.2, 0) is 33.8 Å². The number of hydrogen-bond donors (Lipinski definition) is 4. The minimum atomic E-state index is -0.189. The number of aromatic nitrogens is 2. The van der Waals surface area contributed by atoms with Crippen molar-refractivity contribution < 1.29 is 33.1 Å². The zero-order valence-electron chi connectivity index (χ0n) is 46.0. The summed E-state index contributed by atoms with van der Waals surface area (Å²) >= 11 is 0. The molecule has 17 heteroatoms. The molecule has 4 N–H and O–H groups in total. The average molecular weight is 1040 g/mol. The second-order valence-corrected chi connectivity index (χ2v) is 19.2. The van der Waals surface area contributed by atoms with Crippen molar-refractivity contribution in [2.75, 3.05) is 111 Å². The molecule has 0 saturated carbocycles. The first kappa shape index (κ1) is 59.6. The van der Waals surface area contributed by atoms with Gasteiger partial charge in [-0.15, -0.1) is 0 Å². The molecule has 2 saturated heterocycles. The molecule has 4 aromatic carbocycles. The Morgan fingerprint density at radius 1 is 0.842 bits per heavy atom. The maximum Gasteiger partial charge on any atom is 0.227 e. The predicted octanol–water partition coefficient (Wildman–Crippen LogP) is 8.83. The van der Waals surface area contributed by atoms with Crippen molar-refractivity contribution >= 4 is 71.0 Å². The third-order valence-electron chi connectivity index (χ3n) is 13.4. The van der Waals surface area contributed by atoms with E-state index < -0.39 is 0 Å². The van der Waals surface area contributed by atoms with Crippen LogP contribution < -0.4 is 40.7 Å². The molecule has 0 radical (unpaired) electrons. The van der Waals surface area contributed by atoms with Crippen LogP contribution >= 0.6 is 0 Å². The summed E-state index contributed by atoms with van der Waals surface area (Å²) in [5, 5.41) is 12.5. The van der Waals surface area contributed by atoms with Crippen LogP contribution in [0.2, 0.25) is 0 Å². The molecular weight excluding hydrogens is 964 g/mol. The Bertz CT molecular complexity index is 2670. The lowest BCUT2D eigenvalue weighted by Gasteiger charge is -2.49. The Hall–Kier alpha value is -7.24. The minimum Gasteiger partial charge on any atom is -0.490 e. The van der Waals surface area contributed by atoms with Crippen LogP contribution in [0, 0.1) is 24.6 Å². The topological polar surface area (TPSA) is 181 Å². The van der Waals surface area contributed by atoms with Gasteiger partial charge >= 0.3 is 0 Å². The molecule has 1 atom stereocenters. The summed E-state index contributed by atoms with van der Waals surface area (Å²) in [6.07, 6.45) is 7.84. The van der Waals surface area contributed by atoms with Crippen molar-refractivity contribution in [3.63, 3.8) is 0 Å². The first-order valence-electron chi connectivity index (χ1n) is 26.6. The fourth-order valence-electron chi connectivity index (χ4n) is 9.14. The summed E-state index contributed by atoms with van der Waals surface area (Å²) in [6, 6.07) is 23.3. The van der Waals surface area contributed by atoms with Gasteiger partial charge in [0.25, 0.3) is 0 Å². The van der Waals surface area contributed by atoms with Crippen LogP contribution in [0.3, 0.4) is 0 Å².